The van der Waals surface area contributed by atoms with Gasteiger partial charge in [0, 0.05) is 12.0 Å². The molecule has 0 bridgehead atoms. The van der Waals surface area contributed by atoms with Gasteiger partial charge in [0.15, 0.2) is 0 Å². The molecule has 7 heteroatoms. The van der Waals surface area contributed by atoms with Gasteiger partial charge in [0.2, 0.25) is 6.29 Å². The van der Waals surface area contributed by atoms with E-state index >= 15 is 0 Å². The zero-order valence-electron chi connectivity index (χ0n) is 12.9. The monoisotopic (exact) mass is 321 g/mol. The standard InChI is InChI=1S/C14H27O6P/c1-4-5-6-7-8-9-10-11-13(20-21(16,17)18)19-14(15)12(2)3/h13H,2,4-11H2,1,3H3,(H2,16,17,18)/p-1. The molecule has 0 aliphatic heterocycles. The Labute approximate surface area is 126 Å². The first-order chi connectivity index (χ1) is 9.76. The maximum absolute atomic E-state index is 11.4. The minimum absolute atomic E-state index is 0.141. The van der Waals surface area contributed by atoms with E-state index in [1.165, 1.54) is 26.2 Å². The Bertz CT molecular complexity index is 362. The molecule has 6 nitrogen and oxygen atoms in total. The predicted molar refractivity (Wildman–Crippen MR) is 78.2 cm³/mol. The van der Waals surface area contributed by atoms with Crippen molar-refractivity contribution in [2.45, 2.75) is 71.5 Å². The molecule has 0 rings (SSSR count). The molecule has 0 amide bonds. The number of phosphoric acid groups is 1. The quantitative estimate of drug-likeness (QED) is 0.195. The van der Waals surface area contributed by atoms with Gasteiger partial charge in [-0.1, -0.05) is 52.0 Å². The van der Waals surface area contributed by atoms with E-state index in [0.29, 0.717) is 6.42 Å². The van der Waals surface area contributed by atoms with E-state index in [1.807, 2.05) is 0 Å². The summed E-state index contributed by atoms with van der Waals surface area (Å²) >= 11 is 0. The highest BCUT2D eigenvalue weighted by Crippen LogP contribution is 2.34. The van der Waals surface area contributed by atoms with E-state index in [1.54, 1.807) is 0 Å². The van der Waals surface area contributed by atoms with Crippen molar-refractivity contribution in [1.29, 1.82) is 0 Å². The second kappa shape index (κ2) is 11.0. The average Bonchev–Trinajstić information content (AvgIpc) is 2.35. The van der Waals surface area contributed by atoms with Crippen LogP contribution in [-0.2, 0) is 18.6 Å². The molecule has 0 spiro atoms. The Kier molecular flexibility index (Phi) is 10.6. The van der Waals surface area contributed by atoms with Crippen LogP contribution < -0.4 is 4.89 Å². The van der Waals surface area contributed by atoms with Crippen LogP contribution in [0.15, 0.2) is 12.2 Å². The zero-order chi connectivity index (χ0) is 16.3. The van der Waals surface area contributed by atoms with E-state index < -0.39 is 20.1 Å². The normalized spacial score (nSPS) is 15.2. The second-order valence-electron chi connectivity index (χ2n) is 5.10. The average molecular weight is 321 g/mol. The Hall–Kier alpha value is -0.680. The van der Waals surface area contributed by atoms with Gasteiger partial charge in [-0.2, -0.15) is 0 Å². The third-order valence-electron chi connectivity index (χ3n) is 2.88. The summed E-state index contributed by atoms with van der Waals surface area (Å²) in [5.41, 5.74) is 0.141. The van der Waals surface area contributed by atoms with Gasteiger partial charge < -0.3 is 14.5 Å². The van der Waals surface area contributed by atoms with E-state index in [-0.39, 0.29) is 12.0 Å². The first-order valence-corrected chi connectivity index (χ1v) is 8.84. The summed E-state index contributed by atoms with van der Waals surface area (Å²) in [5, 5.41) is 0. The maximum atomic E-state index is 11.4. The van der Waals surface area contributed by atoms with Gasteiger partial charge in [-0.15, -0.1) is 0 Å². The minimum Gasteiger partial charge on any atom is -0.756 e. The molecular formula is C14H26O6P-. The van der Waals surface area contributed by atoms with Crippen LogP contribution in [0, 0.1) is 0 Å². The molecular weight excluding hydrogens is 295 g/mol. The molecule has 0 aromatic heterocycles. The highest BCUT2D eigenvalue weighted by atomic mass is 31.2. The second-order valence-corrected chi connectivity index (χ2v) is 6.25. The van der Waals surface area contributed by atoms with Crippen molar-refractivity contribution in [3.8, 4) is 0 Å². The lowest BCUT2D eigenvalue weighted by molar-refractivity contribution is -0.238. The van der Waals surface area contributed by atoms with Crippen LogP contribution in [0.25, 0.3) is 0 Å². The number of carbonyl (C=O) groups is 1. The number of carbonyl (C=O) groups excluding carboxylic acids is 1. The molecule has 0 radical (unpaired) electrons. The number of ether oxygens (including phenoxy) is 1. The molecule has 2 unspecified atom stereocenters. The lowest BCUT2D eigenvalue weighted by Gasteiger charge is -2.23. The fourth-order valence-corrected chi connectivity index (χ4v) is 2.22. The van der Waals surface area contributed by atoms with Gasteiger partial charge in [0.1, 0.15) is 0 Å². The van der Waals surface area contributed by atoms with Gasteiger partial charge >= 0.3 is 5.97 Å². The number of esters is 1. The van der Waals surface area contributed by atoms with Crippen LogP contribution in [0.2, 0.25) is 0 Å². The largest absolute Gasteiger partial charge is 0.756 e. The van der Waals surface area contributed by atoms with Gasteiger partial charge in [-0.05, 0) is 13.3 Å². The summed E-state index contributed by atoms with van der Waals surface area (Å²) in [7, 11) is -4.94. The van der Waals surface area contributed by atoms with Crippen molar-refractivity contribution in [3.05, 3.63) is 12.2 Å². The van der Waals surface area contributed by atoms with Crippen LogP contribution in [0.5, 0.6) is 0 Å². The molecule has 0 saturated carbocycles. The van der Waals surface area contributed by atoms with Gasteiger partial charge in [-0.3, -0.25) is 9.09 Å². The molecule has 0 fully saturated rings. The fourth-order valence-electron chi connectivity index (χ4n) is 1.77. The Morgan fingerprint density at radius 1 is 1.24 bits per heavy atom. The number of rotatable bonds is 12. The Balaban J connectivity index is 4.08. The number of unbranched alkanes of at least 4 members (excludes halogenated alkanes) is 6. The SMILES string of the molecule is C=C(C)C(=O)OC(CCCCCCCCC)OP(=O)([O-])O. The van der Waals surface area contributed by atoms with Crippen LogP contribution in [0.1, 0.15) is 65.2 Å². The van der Waals surface area contributed by atoms with E-state index in [9.17, 15) is 14.3 Å². The third-order valence-corrected chi connectivity index (χ3v) is 3.38. The van der Waals surface area contributed by atoms with E-state index in [4.69, 9.17) is 9.63 Å². The van der Waals surface area contributed by atoms with Gasteiger partial charge in [-0.25, -0.2) is 4.79 Å². The van der Waals surface area contributed by atoms with Gasteiger partial charge in [0.05, 0.1) is 0 Å². The van der Waals surface area contributed by atoms with Crippen molar-refractivity contribution in [2.24, 2.45) is 0 Å². The molecule has 2 atom stereocenters. The Morgan fingerprint density at radius 2 is 1.76 bits per heavy atom. The van der Waals surface area contributed by atoms with Crippen LogP contribution in [0.3, 0.4) is 0 Å². The molecule has 124 valence electrons. The van der Waals surface area contributed by atoms with Crippen molar-refractivity contribution < 1.29 is 28.4 Å². The predicted octanol–water partition coefficient (Wildman–Crippen LogP) is 3.05. The molecule has 0 aromatic rings. The number of hydrogen-bond donors (Lipinski definition) is 1. The molecule has 0 saturated heterocycles. The summed E-state index contributed by atoms with van der Waals surface area (Å²) in [4.78, 5) is 30.8. The van der Waals surface area contributed by atoms with Crippen molar-refractivity contribution in [1.82, 2.24) is 0 Å². The van der Waals surface area contributed by atoms with E-state index in [2.05, 4.69) is 18.0 Å². The van der Waals surface area contributed by atoms with Crippen molar-refractivity contribution >= 4 is 13.8 Å². The molecule has 0 heterocycles. The van der Waals surface area contributed by atoms with Crippen molar-refractivity contribution in [2.75, 3.05) is 0 Å². The summed E-state index contributed by atoms with van der Waals surface area (Å²) in [6, 6.07) is 0. The molecule has 21 heavy (non-hydrogen) atoms. The molecule has 1 N–H and O–H groups in total. The minimum atomic E-state index is -4.94. The fraction of sp³-hybridized carbons (Fsp3) is 0.786. The topological polar surface area (TPSA) is 95.9 Å². The lowest BCUT2D eigenvalue weighted by Crippen LogP contribution is -2.23. The third kappa shape index (κ3) is 12.8. The molecule has 0 aliphatic rings. The van der Waals surface area contributed by atoms with Crippen LogP contribution >= 0.6 is 7.82 Å². The van der Waals surface area contributed by atoms with Crippen molar-refractivity contribution in [3.63, 3.8) is 0 Å². The first kappa shape index (κ1) is 20.3. The van der Waals surface area contributed by atoms with Crippen LogP contribution in [0.4, 0.5) is 0 Å². The maximum Gasteiger partial charge on any atom is 0.335 e. The van der Waals surface area contributed by atoms with Crippen LogP contribution in [-0.4, -0.2) is 17.2 Å². The molecule has 0 aliphatic carbocycles. The lowest BCUT2D eigenvalue weighted by atomic mass is 10.1. The highest BCUT2D eigenvalue weighted by Gasteiger charge is 2.19. The first-order valence-electron chi connectivity index (χ1n) is 7.35. The van der Waals surface area contributed by atoms with Gasteiger partial charge in [0.25, 0.3) is 7.82 Å². The number of phosphoric ester groups is 1. The molecule has 0 aromatic carbocycles. The summed E-state index contributed by atoms with van der Waals surface area (Å²) in [6.45, 7) is 7.00. The summed E-state index contributed by atoms with van der Waals surface area (Å²) < 4.78 is 20.0. The summed E-state index contributed by atoms with van der Waals surface area (Å²) in [5.74, 6) is -0.739. The Morgan fingerprint density at radius 3 is 2.24 bits per heavy atom. The number of hydrogen-bond acceptors (Lipinski definition) is 5. The zero-order valence-corrected chi connectivity index (χ0v) is 13.8. The highest BCUT2D eigenvalue weighted by molar-refractivity contribution is 7.44. The summed E-state index contributed by atoms with van der Waals surface area (Å²) in [6.07, 6.45) is 6.22. The van der Waals surface area contributed by atoms with E-state index in [0.717, 1.165) is 19.3 Å². The smallest absolute Gasteiger partial charge is 0.335 e.